The lowest BCUT2D eigenvalue weighted by Gasteiger charge is -2.23. The molecular formula is C24H28N2O4S2. The van der Waals surface area contributed by atoms with Crippen molar-refractivity contribution in [3.63, 3.8) is 0 Å². The number of rotatable bonds is 7. The number of Topliss-reactive ketones (excluding diaryl/α,β-unsaturated/α-hetero) is 1. The Labute approximate surface area is 194 Å². The lowest BCUT2D eigenvalue weighted by atomic mass is 9.91. The van der Waals surface area contributed by atoms with E-state index < -0.39 is 10.1 Å². The smallest absolute Gasteiger partial charge is 0.340 e. The molecule has 0 saturated heterocycles. The van der Waals surface area contributed by atoms with Crippen molar-refractivity contribution in [3.8, 4) is 0 Å². The molecule has 6 nitrogen and oxygen atoms in total. The fourth-order valence-corrected chi connectivity index (χ4v) is 5.92. The molecule has 1 aliphatic rings. The lowest BCUT2D eigenvalue weighted by molar-refractivity contribution is 0.102. The summed E-state index contributed by atoms with van der Waals surface area (Å²) in [5.74, 6) is 0.604. The monoisotopic (exact) mass is 472 g/mol. The van der Waals surface area contributed by atoms with Crippen LogP contribution in [0.25, 0.3) is 0 Å². The van der Waals surface area contributed by atoms with E-state index in [2.05, 4.69) is 11.8 Å². The molecular weight excluding hydrogens is 444 g/mol. The third-order valence-corrected chi connectivity index (χ3v) is 8.15. The SMILES string of the molecule is C=NN(C)/C(OS(=O)(=O)c1ccc(C)cc1)=C(\C)C(=O)c1cc(C)c2c(c1C)CCCS2. The minimum absolute atomic E-state index is 0.00357. The van der Waals surface area contributed by atoms with Crippen LogP contribution < -0.4 is 0 Å². The van der Waals surface area contributed by atoms with Crippen LogP contribution in [-0.2, 0) is 20.7 Å². The highest BCUT2D eigenvalue weighted by Gasteiger charge is 2.27. The molecule has 3 rings (SSSR count). The summed E-state index contributed by atoms with van der Waals surface area (Å²) >= 11 is 1.82. The number of hydrogen-bond donors (Lipinski definition) is 0. The van der Waals surface area contributed by atoms with E-state index in [0.29, 0.717) is 5.56 Å². The van der Waals surface area contributed by atoms with Gasteiger partial charge in [0, 0.05) is 24.2 Å². The van der Waals surface area contributed by atoms with Gasteiger partial charge in [-0.25, -0.2) is 5.01 Å². The van der Waals surface area contributed by atoms with Gasteiger partial charge in [0.2, 0.25) is 5.88 Å². The second kappa shape index (κ2) is 9.50. The second-order valence-corrected chi connectivity index (χ2v) is 10.6. The van der Waals surface area contributed by atoms with Crippen molar-refractivity contribution in [1.82, 2.24) is 5.01 Å². The molecule has 1 aliphatic heterocycles. The van der Waals surface area contributed by atoms with Gasteiger partial charge >= 0.3 is 10.1 Å². The molecule has 0 fully saturated rings. The van der Waals surface area contributed by atoms with E-state index in [1.807, 2.05) is 38.6 Å². The van der Waals surface area contributed by atoms with Gasteiger partial charge < -0.3 is 4.18 Å². The zero-order chi connectivity index (χ0) is 23.6. The number of hydrazone groups is 1. The van der Waals surface area contributed by atoms with Gasteiger partial charge in [-0.3, -0.25) is 4.79 Å². The number of fused-ring (bicyclic) bond motifs is 1. The molecule has 0 N–H and O–H groups in total. The maximum atomic E-state index is 13.5. The summed E-state index contributed by atoms with van der Waals surface area (Å²) in [6.07, 6.45) is 1.99. The Morgan fingerprint density at radius 1 is 1.19 bits per heavy atom. The van der Waals surface area contributed by atoms with Gasteiger partial charge in [-0.15, -0.1) is 11.8 Å². The number of thioether (sulfide) groups is 1. The quantitative estimate of drug-likeness (QED) is 0.141. The van der Waals surface area contributed by atoms with Crippen molar-refractivity contribution in [1.29, 1.82) is 0 Å². The number of carbonyl (C=O) groups excluding carboxylic acids is 1. The van der Waals surface area contributed by atoms with E-state index in [0.717, 1.165) is 40.3 Å². The molecule has 1 heterocycles. The number of aryl methyl sites for hydroxylation is 2. The fourth-order valence-electron chi connectivity index (χ4n) is 3.70. The topological polar surface area (TPSA) is 76.0 Å². The molecule has 8 heteroatoms. The molecule has 0 bridgehead atoms. The predicted octanol–water partition coefficient (Wildman–Crippen LogP) is 5.02. The average Bonchev–Trinajstić information content (AvgIpc) is 2.78. The van der Waals surface area contributed by atoms with Crippen LogP contribution in [0, 0.1) is 20.8 Å². The molecule has 0 aliphatic carbocycles. The number of carbonyl (C=O) groups is 1. The van der Waals surface area contributed by atoms with Gasteiger partial charge in [-0.05, 0) is 81.2 Å². The summed E-state index contributed by atoms with van der Waals surface area (Å²) in [4.78, 5) is 14.7. The minimum atomic E-state index is -4.17. The van der Waals surface area contributed by atoms with Crippen molar-refractivity contribution in [2.45, 2.75) is 50.3 Å². The Kier molecular flexibility index (Phi) is 7.15. The molecule has 2 aromatic rings. The summed E-state index contributed by atoms with van der Waals surface area (Å²) in [6, 6.07) is 8.19. The van der Waals surface area contributed by atoms with Crippen molar-refractivity contribution >= 4 is 34.4 Å². The van der Waals surface area contributed by atoms with Crippen LogP contribution in [0.4, 0.5) is 0 Å². The van der Waals surface area contributed by atoms with Gasteiger partial charge in [0.25, 0.3) is 0 Å². The fraction of sp³-hybridized carbons (Fsp3) is 0.333. The summed E-state index contributed by atoms with van der Waals surface area (Å²) in [6.45, 7) is 10.8. The maximum Gasteiger partial charge on any atom is 0.340 e. The van der Waals surface area contributed by atoms with E-state index in [1.54, 1.807) is 19.1 Å². The van der Waals surface area contributed by atoms with E-state index in [4.69, 9.17) is 4.18 Å². The van der Waals surface area contributed by atoms with Gasteiger partial charge in [-0.1, -0.05) is 17.7 Å². The Balaban J connectivity index is 2.07. The molecule has 170 valence electrons. The summed E-state index contributed by atoms with van der Waals surface area (Å²) in [5.41, 5.74) is 4.79. The standard InChI is InChI=1S/C24H28N2O4S2/c1-15-9-11-19(12-10-15)32(28,29)30-24(26(6)25-5)18(4)22(27)21-14-16(2)23-20(17(21)3)8-7-13-31-23/h9-12,14H,5,7-8,13H2,1-4,6H3/b24-18-. The highest BCUT2D eigenvalue weighted by atomic mass is 32.2. The summed E-state index contributed by atoms with van der Waals surface area (Å²) in [7, 11) is -2.68. The lowest BCUT2D eigenvalue weighted by Crippen LogP contribution is -2.22. The van der Waals surface area contributed by atoms with Crippen LogP contribution in [0.2, 0.25) is 0 Å². The Morgan fingerprint density at radius 2 is 1.84 bits per heavy atom. The molecule has 0 radical (unpaired) electrons. The third-order valence-electron chi connectivity index (χ3n) is 5.58. The van der Waals surface area contributed by atoms with Crippen molar-refractivity contribution in [3.05, 3.63) is 69.6 Å². The molecule has 2 aromatic carbocycles. The highest BCUT2D eigenvalue weighted by molar-refractivity contribution is 7.99. The second-order valence-electron chi connectivity index (χ2n) is 7.90. The van der Waals surface area contributed by atoms with Crippen LogP contribution in [0.3, 0.4) is 0 Å². The number of hydrogen-bond acceptors (Lipinski definition) is 7. The van der Waals surface area contributed by atoms with Crippen LogP contribution in [-0.4, -0.2) is 38.7 Å². The molecule has 0 unspecified atom stereocenters. The van der Waals surface area contributed by atoms with E-state index >= 15 is 0 Å². The summed E-state index contributed by atoms with van der Waals surface area (Å²) in [5, 5.41) is 4.93. The van der Waals surface area contributed by atoms with Gasteiger partial charge in [0.15, 0.2) is 5.78 Å². The van der Waals surface area contributed by atoms with Crippen molar-refractivity contribution in [2.24, 2.45) is 5.10 Å². The van der Waals surface area contributed by atoms with Gasteiger partial charge in [-0.2, -0.15) is 13.5 Å². The first kappa shape index (κ1) is 24.1. The normalized spacial score (nSPS) is 14.3. The molecule has 0 saturated carbocycles. The number of ketones is 1. The Hall–Kier alpha value is -2.58. The molecule has 0 amide bonds. The Morgan fingerprint density at radius 3 is 2.47 bits per heavy atom. The van der Waals surface area contributed by atoms with E-state index in [1.165, 1.54) is 29.6 Å². The maximum absolute atomic E-state index is 13.5. The summed E-state index contributed by atoms with van der Waals surface area (Å²) < 4.78 is 31.2. The largest absolute Gasteiger partial charge is 0.358 e. The third kappa shape index (κ3) is 4.76. The molecule has 0 atom stereocenters. The van der Waals surface area contributed by atoms with Crippen LogP contribution in [0.5, 0.6) is 0 Å². The van der Waals surface area contributed by atoms with Crippen molar-refractivity contribution in [2.75, 3.05) is 12.8 Å². The number of allylic oxidation sites excluding steroid dienone is 1. The van der Waals surface area contributed by atoms with Gasteiger partial charge in [0.05, 0.1) is 5.57 Å². The average molecular weight is 473 g/mol. The highest BCUT2D eigenvalue weighted by Crippen LogP contribution is 2.37. The Bertz CT molecular complexity index is 1200. The van der Waals surface area contributed by atoms with Crippen LogP contribution >= 0.6 is 11.8 Å². The number of nitrogens with zero attached hydrogens (tertiary/aromatic N) is 2. The molecule has 0 aromatic heterocycles. The molecule has 32 heavy (non-hydrogen) atoms. The van der Waals surface area contributed by atoms with Crippen molar-refractivity contribution < 1.29 is 17.4 Å². The van der Waals surface area contributed by atoms with Crippen LogP contribution in [0.15, 0.2) is 56.7 Å². The zero-order valence-electron chi connectivity index (χ0n) is 19.1. The first-order valence-corrected chi connectivity index (χ1v) is 12.7. The van der Waals surface area contributed by atoms with E-state index in [-0.39, 0.29) is 22.1 Å². The molecule has 0 spiro atoms. The van der Waals surface area contributed by atoms with Crippen LogP contribution in [0.1, 0.15) is 46.0 Å². The minimum Gasteiger partial charge on any atom is -0.358 e. The zero-order valence-corrected chi connectivity index (χ0v) is 20.7. The number of benzene rings is 2. The van der Waals surface area contributed by atoms with Gasteiger partial charge in [0.1, 0.15) is 4.90 Å². The first-order valence-electron chi connectivity index (χ1n) is 10.3. The first-order chi connectivity index (χ1) is 15.1. The van der Waals surface area contributed by atoms with E-state index in [9.17, 15) is 13.2 Å². The predicted molar refractivity (Wildman–Crippen MR) is 129 cm³/mol.